The van der Waals surface area contributed by atoms with Crippen LogP contribution < -0.4 is 10.0 Å². The maximum Gasteiger partial charge on any atom is 0.268 e. The molecule has 1 aromatic carbocycles. The van der Waals surface area contributed by atoms with Crippen LogP contribution >= 0.6 is 0 Å². The SMILES string of the molecule is CCN(c1ccccc1F)S(=O)(=O)c1c(CN)n[nH]c1C. The maximum atomic E-state index is 13.9. The number of nitrogens with zero attached hydrogens (tertiary/aromatic N) is 2. The van der Waals surface area contributed by atoms with Gasteiger partial charge in [0, 0.05) is 13.1 Å². The Labute approximate surface area is 122 Å². The van der Waals surface area contributed by atoms with Crippen molar-refractivity contribution in [2.24, 2.45) is 5.73 Å². The number of hydrogen-bond acceptors (Lipinski definition) is 4. The first-order chi connectivity index (χ1) is 9.93. The highest BCUT2D eigenvalue weighted by molar-refractivity contribution is 7.93. The fraction of sp³-hybridized carbons (Fsp3) is 0.308. The number of halogens is 1. The Kier molecular flexibility index (Phi) is 4.29. The van der Waals surface area contributed by atoms with Crippen LogP contribution in [-0.4, -0.2) is 25.2 Å². The van der Waals surface area contributed by atoms with Crippen LogP contribution in [0.4, 0.5) is 10.1 Å². The molecular weight excluding hydrogens is 295 g/mol. The van der Waals surface area contributed by atoms with Gasteiger partial charge in [-0.2, -0.15) is 5.10 Å². The minimum atomic E-state index is -3.94. The zero-order chi connectivity index (χ0) is 15.6. The molecule has 0 fully saturated rings. The van der Waals surface area contributed by atoms with Gasteiger partial charge in [0.05, 0.1) is 17.1 Å². The molecule has 0 saturated carbocycles. The minimum Gasteiger partial charge on any atom is -0.325 e. The van der Waals surface area contributed by atoms with Gasteiger partial charge in [0.15, 0.2) is 0 Å². The van der Waals surface area contributed by atoms with Crippen molar-refractivity contribution in [2.45, 2.75) is 25.3 Å². The van der Waals surface area contributed by atoms with Crippen LogP contribution in [-0.2, 0) is 16.6 Å². The lowest BCUT2D eigenvalue weighted by molar-refractivity contribution is 0.585. The molecule has 114 valence electrons. The summed E-state index contributed by atoms with van der Waals surface area (Å²) in [7, 11) is -3.94. The molecule has 0 bridgehead atoms. The average molecular weight is 312 g/mol. The van der Waals surface area contributed by atoms with E-state index in [1.807, 2.05) is 0 Å². The molecule has 1 aromatic heterocycles. The van der Waals surface area contributed by atoms with E-state index in [9.17, 15) is 12.8 Å². The van der Waals surface area contributed by atoms with E-state index >= 15 is 0 Å². The van der Waals surface area contributed by atoms with E-state index in [1.165, 1.54) is 18.2 Å². The molecule has 2 aromatic rings. The Hall–Kier alpha value is -1.93. The second-order valence-corrected chi connectivity index (χ2v) is 6.25. The molecule has 1 heterocycles. The van der Waals surface area contributed by atoms with Gasteiger partial charge < -0.3 is 5.73 Å². The fourth-order valence-corrected chi connectivity index (χ4v) is 4.01. The highest BCUT2D eigenvalue weighted by atomic mass is 32.2. The molecule has 0 unspecified atom stereocenters. The van der Waals surface area contributed by atoms with Crippen LogP contribution in [0, 0.1) is 12.7 Å². The molecule has 0 amide bonds. The lowest BCUT2D eigenvalue weighted by Gasteiger charge is -2.23. The van der Waals surface area contributed by atoms with Gasteiger partial charge in [-0.1, -0.05) is 12.1 Å². The molecule has 2 rings (SSSR count). The minimum absolute atomic E-state index is 0.00331. The number of para-hydroxylation sites is 1. The average Bonchev–Trinajstić information content (AvgIpc) is 2.83. The van der Waals surface area contributed by atoms with Crippen molar-refractivity contribution in [3.63, 3.8) is 0 Å². The van der Waals surface area contributed by atoms with Gasteiger partial charge in [-0.3, -0.25) is 9.40 Å². The zero-order valence-electron chi connectivity index (χ0n) is 11.8. The van der Waals surface area contributed by atoms with Crippen LogP contribution in [0.3, 0.4) is 0 Å². The molecule has 0 aliphatic carbocycles. The first-order valence-electron chi connectivity index (χ1n) is 6.44. The summed E-state index contributed by atoms with van der Waals surface area (Å²) in [5.74, 6) is -0.599. The van der Waals surface area contributed by atoms with Crippen molar-refractivity contribution in [1.29, 1.82) is 0 Å². The molecule has 0 saturated heterocycles. The quantitative estimate of drug-likeness (QED) is 0.876. The van der Waals surface area contributed by atoms with Crippen LogP contribution in [0.15, 0.2) is 29.2 Å². The lowest BCUT2D eigenvalue weighted by Crippen LogP contribution is -2.32. The van der Waals surface area contributed by atoms with Crippen molar-refractivity contribution >= 4 is 15.7 Å². The number of hydrogen-bond donors (Lipinski definition) is 2. The molecule has 0 spiro atoms. The summed E-state index contributed by atoms with van der Waals surface area (Å²) in [5, 5.41) is 6.49. The van der Waals surface area contributed by atoms with Gasteiger partial charge in [0.25, 0.3) is 10.0 Å². The number of benzene rings is 1. The normalized spacial score (nSPS) is 11.6. The number of nitrogens with two attached hydrogens (primary N) is 1. The summed E-state index contributed by atoms with van der Waals surface area (Å²) >= 11 is 0. The second kappa shape index (κ2) is 5.82. The third-order valence-electron chi connectivity index (χ3n) is 3.11. The van der Waals surface area contributed by atoms with Crippen LogP contribution in [0.1, 0.15) is 18.3 Å². The van der Waals surface area contributed by atoms with Crippen molar-refractivity contribution in [2.75, 3.05) is 10.8 Å². The van der Waals surface area contributed by atoms with Crippen molar-refractivity contribution < 1.29 is 12.8 Å². The summed E-state index contributed by atoms with van der Waals surface area (Å²) < 4.78 is 40.6. The van der Waals surface area contributed by atoms with Crippen molar-refractivity contribution in [3.8, 4) is 0 Å². The smallest absolute Gasteiger partial charge is 0.268 e. The molecular formula is C13H17FN4O2S. The Morgan fingerprint density at radius 2 is 2.05 bits per heavy atom. The first-order valence-corrected chi connectivity index (χ1v) is 7.88. The maximum absolute atomic E-state index is 13.9. The molecule has 0 aliphatic rings. The number of rotatable bonds is 5. The Morgan fingerprint density at radius 3 is 2.62 bits per heavy atom. The van der Waals surface area contributed by atoms with Gasteiger partial charge >= 0.3 is 0 Å². The van der Waals surface area contributed by atoms with E-state index in [2.05, 4.69) is 10.2 Å². The zero-order valence-corrected chi connectivity index (χ0v) is 12.6. The number of sulfonamides is 1. The van der Waals surface area contributed by atoms with Gasteiger partial charge in [0.1, 0.15) is 10.7 Å². The monoisotopic (exact) mass is 312 g/mol. The molecule has 0 aliphatic heterocycles. The molecule has 8 heteroatoms. The van der Waals surface area contributed by atoms with E-state index in [4.69, 9.17) is 5.73 Å². The van der Waals surface area contributed by atoms with Gasteiger partial charge in [0.2, 0.25) is 0 Å². The number of nitrogens with one attached hydrogen (secondary N) is 1. The summed E-state index contributed by atoms with van der Waals surface area (Å²) in [6, 6.07) is 5.74. The highest BCUT2D eigenvalue weighted by Gasteiger charge is 2.31. The number of H-pyrrole nitrogens is 1. The summed E-state index contributed by atoms with van der Waals surface area (Å²) in [5.41, 5.74) is 6.15. The number of aromatic amines is 1. The molecule has 3 N–H and O–H groups in total. The first kappa shape index (κ1) is 15.5. The third-order valence-corrected chi connectivity index (χ3v) is 5.20. The van der Waals surface area contributed by atoms with E-state index < -0.39 is 15.8 Å². The number of aromatic nitrogens is 2. The Bertz CT molecular complexity index is 742. The van der Waals surface area contributed by atoms with E-state index in [-0.39, 0.29) is 29.4 Å². The van der Waals surface area contributed by atoms with Crippen molar-refractivity contribution in [1.82, 2.24) is 10.2 Å². The highest BCUT2D eigenvalue weighted by Crippen LogP contribution is 2.28. The van der Waals surface area contributed by atoms with Crippen LogP contribution in [0.25, 0.3) is 0 Å². The summed E-state index contributed by atoms with van der Waals surface area (Å²) in [4.78, 5) is 0.00935. The second-order valence-electron chi connectivity index (χ2n) is 4.45. The van der Waals surface area contributed by atoms with Crippen molar-refractivity contribution in [3.05, 3.63) is 41.5 Å². The van der Waals surface area contributed by atoms with E-state index in [0.29, 0.717) is 5.69 Å². The predicted molar refractivity (Wildman–Crippen MR) is 77.8 cm³/mol. The van der Waals surface area contributed by atoms with Gasteiger partial charge in [-0.05, 0) is 26.0 Å². The third kappa shape index (κ3) is 2.64. The molecule has 0 radical (unpaired) electrons. The van der Waals surface area contributed by atoms with Gasteiger partial charge in [-0.15, -0.1) is 0 Å². The molecule has 21 heavy (non-hydrogen) atoms. The summed E-state index contributed by atoms with van der Waals surface area (Å²) in [6.45, 7) is 3.31. The fourth-order valence-electron chi connectivity index (χ4n) is 2.18. The number of aryl methyl sites for hydroxylation is 1. The molecule has 0 atom stereocenters. The Balaban J connectivity index is 2.61. The van der Waals surface area contributed by atoms with Crippen LogP contribution in [0.2, 0.25) is 0 Å². The largest absolute Gasteiger partial charge is 0.325 e. The number of anilines is 1. The van der Waals surface area contributed by atoms with E-state index in [1.54, 1.807) is 19.9 Å². The summed E-state index contributed by atoms with van der Waals surface area (Å²) in [6.07, 6.45) is 0. The predicted octanol–water partition coefficient (Wildman–Crippen LogP) is 1.53. The topological polar surface area (TPSA) is 92.1 Å². The standard InChI is InChI=1S/C13H17FN4O2S/c1-3-18(12-7-5-4-6-10(12)14)21(19,20)13-9(2)16-17-11(13)8-15/h4-7H,3,8,15H2,1-2H3,(H,16,17). The molecule has 6 nitrogen and oxygen atoms in total. The van der Waals surface area contributed by atoms with Crippen LogP contribution in [0.5, 0.6) is 0 Å². The lowest BCUT2D eigenvalue weighted by atomic mass is 10.3. The Morgan fingerprint density at radius 1 is 1.38 bits per heavy atom. The van der Waals surface area contributed by atoms with E-state index in [0.717, 1.165) is 4.31 Å². The van der Waals surface area contributed by atoms with Gasteiger partial charge in [-0.25, -0.2) is 12.8 Å².